The monoisotopic (exact) mass is 436 g/mol. The molecule has 1 amide bonds. The Balaban J connectivity index is 1.86. The molecule has 0 aromatic heterocycles. The fourth-order valence-corrected chi connectivity index (χ4v) is 4.63. The number of benzene rings is 2. The number of anilines is 1. The molecule has 1 aliphatic rings. The molecule has 0 aliphatic carbocycles. The Bertz CT molecular complexity index is 1040. The average molecular weight is 437 g/mol. The molecule has 2 aromatic carbocycles. The summed E-state index contributed by atoms with van der Waals surface area (Å²) in [6.07, 6.45) is 0.838. The Kier molecular flexibility index (Phi) is 6.10. The fraction of sp³-hybridized carbons (Fsp3) is 0.381. The molecule has 0 radical (unpaired) electrons. The summed E-state index contributed by atoms with van der Waals surface area (Å²) in [7, 11) is -3.61. The van der Waals surface area contributed by atoms with Crippen LogP contribution in [0.15, 0.2) is 36.4 Å². The van der Waals surface area contributed by atoms with Crippen LogP contribution in [-0.2, 0) is 14.8 Å². The lowest BCUT2D eigenvalue weighted by atomic mass is 9.97. The summed E-state index contributed by atoms with van der Waals surface area (Å²) >= 11 is 6.02. The van der Waals surface area contributed by atoms with Gasteiger partial charge >= 0.3 is 0 Å². The van der Waals surface area contributed by atoms with E-state index in [0.29, 0.717) is 22.9 Å². The zero-order valence-corrected chi connectivity index (χ0v) is 18.5. The number of amides is 1. The smallest absolute Gasteiger partial charge is 0.263 e. The first-order valence-electron chi connectivity index (χ1n) is 9.41. The van der Waals surface area contributed by atoms with Gasteiger partial charge in [0.05, 0.1) is 24.5 Å². The number of nitrogens with one attached hydrogen (secondary N) is 1. The Morgan fingerprint density at radius 1 is 1.28 bits per heavy atom. The summed E-state index contributed by atoms with van der Waals surface area (Å²) in [5, 5.41) is 3.41. The molecule has 3 rings (SSSR count). The number of hydrogen-bond donors (Lipinski definition) is 1. The maximum atomic E-state index is 13.0. The van der Waals surface area contributed by atoms with E-state index in [4.69, 9.17) is 16.3 Å². The Morgan fingerprint density at radius 3 is 2.62 bits per heavy atom. The summed E-state index contributed by atoms with van der Waals surface area (Å²) in [5.41, 5.74) is 3.63. The molecule has 8 heteroatoms. The highest BCUT2D eigenvalue weighted by molar-refractivity contribution is 7.92. The van der Waals surface area contributed by atoms with Crippen molar-refractivity contribution in [1.82, 2.24) is 5.32 Å². The van der Waals surface area contributed by atoms with Crippen LogP contribution < -0.4 is 14.4 Å². The van der Waals surface area contributed by atoms with Gasteiger partial charge in [-0.15, -0.1) is 0 Å². The summed E-state index contributed by atoms with van der Waals surface area (Å²) in [6, 6.07) is 10.6. The number of halogens is 1. The average Bonchev–Trinajstić information content (AvgIpc) is 2.64. The van der Waals surface area contributed by atoms with Gasteiger partial charge < -0.3 is 10.1 Å². The molecule has 29 heavy (non-hydrogen) atoms. The third kappa shape index (κ3) is 4.67. The van der Waals surface area contributed by atoms with Gasteiger partial charge in [-0.3, -0.25) is 9.10 Å². The normalized spacial score (nSPS) is 17.3. The molecule has 0 saturated heterocycles. The lowest BCUT2D eigenvalue weighted by Gasteiger charge is -2.34. The molecule has 2 aromatic rings. The van der Waals surface area contributed by atoms with Crippen LogP contribution in [0.25, 0.3) is 0 Å². The van der Waals surface area contributed by atoms with Crippen LogP contribution in [0.3, 0.4) is 0 Å². The zero-order valence-electron chi connectivity index (χ0n) is 16.9. The molecular weight excluding hydrogens is 412 g/mol. The van der Waals surface area contributed by atoms with E-state index < -0.39 is 16.1 Å². The first-order valence-corrected chi connectivity index (χ1v) is 11.6. The standard InChI is InChI=1S/C21H25ClN2O4S/c1-5-17(16-8-6-13(2)10-14(16)3)23-21(25)20-12-24(29(4,26)27)18-11-15(22)7-9-19(18)28-20/h6-11,17,20H,5,12H2,1-4H3,(H,23,25)/t17-,20-/m0/s1. The molecule has 1 aliphatic heterocycles. The number of carbonyl (C=O) groups is 1. The SMILES string of the molecule is CC[C@H](NC(=O)[C@@H]1CN(S(C)(=O)=O)c2cc(Cl)ccc2O1)c1ccc(C)cc1C. The molecule has 0 unspecified atom stereocenters. The highest BCUT2D eigenvalue weighted by atomic mass is 35.5. The van der Waals surface area contributed by atoms with Crippen LogP contribution in [0.5, 0.6) is 5.75 Å². The Labute approximate surface area is 176 Å². The predicted molar refractivity (Wildman–Crippen MR) is 115 cm³/mol. The van der Waals surface area contributed by atoms with Crippen molar-refractivity contribution in [3.05, 3.63) is 58.1 Å². The first kappa shape index (κ1) is 21.5. The third-order valence-electron chi connectivity index (χ3n) is 5.01. The lowest BCUT2D eigenvalue weighted by Crippen LogP contribution is -2.51. The zero-order chi connectivity index (χ0) is 21.3. The molecule has 1 N–H and O–H groups in total. The van der Waals surface area contributed by atoms with E-state index in [1.165, 1.54) is 10.4 Å². The number of carbonyl (C=O) groups excluding carboxylic acids is 1. The van der Waals surface area contributed by atoms with E-state index in [-0.39, 0.29) is 18.5 Å². The largest absolute Gasteiger partial charge is 0.476 e. The maximum absolute atomic E-state index is 13.0. The van der Waals surface area contributed by atoms with Crippen LogP contribution in [0.2, 0.25) is 5.02 Å². The maximum Gasteiger partial charge on any atom is 0.263 e. The first-order chi connectivity index (χ1) is 13.6. The Morgan fingerprint density at radius 2 is 2.00 bits per heavy atom. The number of fused-ring (bicyclic) bond motifs is 1. The van der Waals surface area contributed by atoms with Gasteiger partial charge in [0.1, 0.15) is 5.75 Å². The quantitative estimate of drug-likeness (QED) is 0.774. The number of hydrogen-bond acceptors (Lipinski definition) is 4. The number of nitrogens with zero attached hydrogens (tertiary/aromatic N) is 1. The minimum absolute atomic E-state index is 0.110. The fourth-order valence-electron chi connectivity index (χ4n) is 3.56. The van der Waals surface area contributed by atoms with Gasteiger partial charge in [0.15, 0.2) is 6.10 Å². The van der Waals surface area contributed by atoms with Gasteiger partial charge in [-0.2, -0.15) is 0 Å². The van der Waals surface area contributed by atoms with Crippen molar-refractivity contribution in [2.75, 3.05) is 17.1 Å². The van der Waals surface area contributed by atoms with Crippen molar-refractivity contribution >= 4 is 33.2 Å². The second kappa shape index (κ2) is 8.24. The number of sulfonamides is 1. The van der Waals surface area contributed by atoms with E-state index in [0.717, 1.165) is 22.9 Å². The van der Waals surface area contributed by atoms with Gasteiger partial charge in [-0.25, -0.2) is 8.42 Å². The summed E-state index contributed by atoms with van der Waals surface area (Å²) in [5.74, 6) is -0.0446. The van der Waals surface area contributed by atoms with E-state index in [1.54, 1.807) is 12.1 Å². The van der Waals surface area contributed by atoms with E-state index >= 15 is 0 Å². The van der Waals surface area contributed by atoms with Crippen LogP contribution >= 0.6 is 11.6 Å². The molecule has 6 nitrogen and oxygen atoms in total. The second-order valence-corrected chi connectivity index (χ2v) is 9.69. The van der Waals surface area contributed by atoms with Gasteiger partial charge in [-0.05, 0) is 49.6 Å². The highest BCUT2D eigenvalue weighted by Crippen LogP contribution is 2.37. The molecule has 1 heterocycles. The van der Waals surface area contributed by atoms with E-state index in [9.17, 15) is 13.2 Å². The molecule has 2 atom stereocenters. The van der Waals surface area contributed by atoms with Gasteiger partial charge in [0.25, 0.3) is 5.91 Å². The number of aryl methyl sites for hydroxylation is 2. The van der Waals surface area contributed by atoms with E-state index in [1.807, 2.05) is 32.9 Å². The highest BCUT2D eigenvalue weighted by Gasteiger charge is 2.36. The Hall–Kier alpha value is -2.25. The molecule has 0 bridgehead atoms. The predicted octanol–water partition coefficient (Wildman–Crippen LogP) is 3.75. The molecule has 0 spiro atoms. The van der Waals surface area contributed by atoms with Crippen LogP contribution in [0, 0.1) is 13.8 Å². The summed E-state index contributed by atoms with van der Waals surface area (Å²) < 4.78 is 31.6. The number of rotatable bonds is 5. The van der Waals surface area contributed by atoms with Crippen molar-refractivity contribution in [3.8, 4) is 5.75 Å². The van der Waals surface area contributed by atoms with Crippen molar-refractivity contribution in [2.24, 2.45) is 0 Å². The second-order valence-electron chi connectivity index (χ2n) is 7.34. The molecule has 0 fully saturated rings. The van der Waals surface area contributed by atoms with Gasteiger partial charge in [0.2, 0.25) is 10.0 Å². The van der Waals surface area contributed by atoms with Crippen LogP contribution in [0.1, 0.15) is 36.1 Å². The minimum atomic E-state index is -3.61. The van der Waals surface area contributed by atoms with Crippen molar-refractivity contribution in [2.45, 2.75) is 39.3 Å². The third-order valence-corrected chi connectivity index (χ3v) is 6.39. The van der Waals surface area contributed by atoms with Crippen LogP contribution in [-0.4, -0.2) is 33.2 Å². The van der Waals surface area contributed by atoms with Crippen molar-refractivity contribution in [1.29, 1.82) is 0 Å². The van der Waals surface area contributed by atoms with E-state index in [2.05, 4.69) is 11.4 Å². The van der Waals surface area contributed by atoms with Crippen molar-refractivity contribution in [3.63, 3.8) is 0 Å². The van der Waals surface area contributed by atoms with Crippen LogP contribution in [0.4, 0.5) is 5.69 Å². The van der Waals surface area contributed by atoms with Gasteiger partial charge in [0, 0.05) is 5.02 Å². The summed E-state index contributed by atoms with van der Waals surface area (Å²) in [6.45, 7) is 5.92. The molecular formula is C21H25ClN2O4S. The topological polar surface area (TPSA) is 75.7 Å². The van der Waals surface area contributed by atoms with Gasteiger partial charge in [-0.1, -0.05) is 42.3 Å². The lowest BCUT2D eigenvalue weighted by molar-refractivity contribution is -0.128. The minimum Gasteiger partial charge on any atom is -0.476 e. The molecule has 0 saturated carbocycles. The summed E-state index contributed by atoms with van der Waals surface area (Å²) in [4.78, 5) is 13.0. The molecule has 156 valence electrons. The van der Waals surface area contributed by atoms with Crippen molar-refractivity contribution < 1.29 is 17.9 Å². The number of ether oxygens (including phenoxy) is 1.